The number of hydrogen-bond donors (Lipinski definition) is 1. The van der Waals surface area contributed by atoms with Crippen molar-refractivity contribution in [2.24, 2.45) is 0 Å². The standard InChI is InChI=1S/C4H10O2S.C2H3F3/c1-4(2,3)7(5)6;3-1-2(4)5/h7H,1-3H3;2H,1H2. The summed E-state index contributed by atoms with van der Waals surface area (Å²) in [5, 5.41) is 0. The summed E-state index contributed by atoms with van der Waals surface area (Å²) in [5.74, 6) is 0. The fraction of sp³-hybridized carbons (Fsp3) is 1.00. The first kappa shape index (κ1) is 14.3. The Morgan fingerprint density at radius 1 is 1.25 bits per heavy atom. The molecular weight excluding hydrogens is 193 g/mol. The summed E-state index contributed by atoms with van der Waals surface area (Å²) in [4.78, 5) is 0. The van der Waals surface area contributed by atoms with Crippen molar-refractivity contribution in [3.05, 3.63) is 0 Å². The van der Waals surface area contributed by atoms with E-state index in [4.69, 9.17) is 0 Å². The smallest absolute Gasteiger partial charge is 0.245 e. The van der Waals surface area contributed by atoms with Gasteiger partial charge in [-0.3, -0.25) is 0 Å². The molecule has 0 aliphatic rings. The molecule has 0 aromatic heterocycles. The largest absolute Gasteiger partial charge is 0.266 e. The topological polar surface area (TPSA) is 34.1 Å². The average Bonchev–Trinajstić information content (AvgIpc) is 1.87. The van der Waals surface area contributed by atoms with Crippen LogP contribution in [0.1, 0.15) is 20.8 Å². The molecule has 0 aromatic carbocycles. The zero-order chi connectivity index (χ0) is 10.4. The fourth-order valence-electron chi connectivity index (χ4n) is 0. The van der Waals surface area contributed by atoms with Crippen LogP contribution in [0.3, 0.4) is 0 Å². The molecule has 12 heavy (non-hydrogen) atoms. The third-order valence-corrected chi connectivity index (χ3v) is 1.76. The van der Waals surface area contributed by atoms with Crippen molar-refractivity contribution >= 4 is 10.7 Å². The Morgan fingerprint density at radius 2 is 1.42 bits per heavy atom. The summed E-state index contributed by atoms with van der Waals surface area (Å²) in [6, 6.07) is 0. The molecular formula is C6H13F3O2S. The van der Waals surface area contributed by atoms with Gasteiger partial charge in [-0.1, -0.05) is 0 Å². The van der Waals surface area contributed by atoms with Gasteiger partial charge in [0.25, 0.3) is 6.43 Å². The van der Waals surface area contributed by atoms with Crippen LogP contribution in [0, 0.1) is 0 Å². The van der Waals surface area contributed by atoms with Crippen LogP contribution in [0.5, 0.6) is 0 Å². The van der Waals surface area contributed by atoms with Gasteiger partial charge in [-0.15, -0.1) is 0 Å². The Labute approximate surface area is 71.7 Å². The molecule has 0 aliphatic carbocycles. The van der Waals surface area contributed by atoms with Crippen LogP contribution < -0.4 is 0 Å². The molecule has 0 aromatic rings. The van der Waals surface area contributed by atoms with Crippen LogP contribution in [0.2, 0.25) is 0 Å². The molecule has 0 saturated carbocycles. The maximum absolute atomic E-state index is 10.4. The second kappa shape index (κ2) is 6.28. The highest BCUT2D eigenvalue weighted by Crippen LogP contribution is 2.02. The summed E-state index contributed by atoms with van der Waals surface area (Å²) in [5.41, 5.74) is 0. The van der Waals surface area contributed by atoms with Crippen LogP contribution in [-0.4, -0.2) is 26.3 Å². The predicted octanol–water partition coefficient (Wildman–Crippen LogP) is 1.62. The van der Waals surface area contributed by atoms with Crippen LogP contribution >= 0.6 is 0 Å². The number of alkyl halides is 3. The Morgan fingerprint density at radius 3 is 1.42 bits per heavy atom. The van der Waals surface area contributed by atoms with Crippen molar-refractivity contribution in [3.63, 3.8) is 0 Å². The molecule has 76 valence electrons. The minimum atomic E-state index is -2.78. The summed E-state index contributed by atoms with van der Waals surface area (Å²) >= 11 is 0. The molecule has 2 nitrogen and oxygen atoms in total. The molecule has 0 unspecified atom stereocenters. The molecule has 0 spiro atoms. The first-order chi connectivity index (χ1) is 5.21. The molecule has 0 radical (unpaired) electrons. The second-order valence-corrected chi connectivity index (χ2v) is 4.83. The Hall–Kier alpha value is -0.260. The number of hydrogen-bond acceptors (Lipinski definition) is 2. The Balaban J connectivity index is 0. The zero-order valence-corrected chi connectivity index (χ0v) is 8.08. The summed E-state index contributed by atoms with van der Waals surface area (Å²) in [6.07, 6.45) is -2.78. The zero-order valence-electron chi connectivity index (χ0n) is 7.18. The van der Waals surface area contributed by atoms with E-state index in [0.29, 0.717) is 0 Å². The number of thiol groups is 1. The molecule has 0 heterocycles. The summed E-state index contributed by atoms with van der Waals surface area (Å²) in [6.45, 7) is 3.47. The molecule has 0 aliphatic heterocycles. The lowest BCUT2D eigenvalue weighted by Gasteiger charge is -2.05. The minimum absolute atomic E-state index is 0.546. The first-order valence-electron chi connectivity index (χ1n) is 3.20. The molecule has 0 bridgehead atoms. The van der Waals surface area contributed by atoms with E-state index in [2.05, 4.69) is 0 Å². The van der Waals surface area contributed by atoms with E-state index in [9.17, 15) is 21.6 Å². The molecule has 6 heteroatoms. The van der Waals surface area contributed by atoms with Gasteiger partial charge in [0.05, 0.1) is 4.75 Å². The van der Waals surface area contributed by atoms with E-state index >= 15 is 0 Å². The fourth-order valence-corrected chi connectivity index (χ4v) is 0. The molecule has 0 saturated heterocycles. The van der Waals surface area contributed by atoms with E-state index in [1.165, 1.54) is 0 Å². The van der Waals surface area contributed by atoms with Gasteiger partial charge in [0.15, 0.2) is 6.67 Å². The van der Waals surface area contributed by atoms with Gasteiger partial charge >= 0.3 is 0 Å². The van der Waals surface area contributed by atoms with Crippen molar-refractivity contribution in [1.29, 1.82) is 0 Å². The summed E-state index contributed by atoms with van der Waals surface area (Å²) in [7, 11) is -2.24. The van der Waals surface area contributed by atoms with Crippen molar-refractivity contribution in [1.82, 2.24) is 0 Å². The van der Waals surface area contributed by atoms with Crippen molar-refractivity contribution < 1.29 is 21.6 Å². The lowest BCUT2D eigenvalue weighted by atomic mass is 10.3. The quantitative estimate of drug-likeness (QED) is 0.661. The second-order valence-electron chi connectivity index (χ2n) is 2.97. The van der Waals surface area contributed by atoms with E-state index in [1.54, 1.807) is 20.8 Å². The minimum Gasteiger partial charge on any atom is -0.245 e. The lowest BCUT2D eigenvalue weighted by molar-refractivity contribution is 0.113. The van der Waals surface area contributed by atoms with Gasteiger partial charge in [-0.05, 0) is 20.8 Å². The van der Waals surface area contributed by atoms with Gasteiger partial charge in [-0.25, -0.2) is 21.6 Å². The highest BCUT2D eigenvalue weighted by atomic mass is 32.2. The van der Waals surface area contributed by atoms with Gasteiger partial charge in [0.2, 0.25) is 0 Å². The van der Waals surface area contributed by atoms with Gasteiger partial charge in [0, 0.05) is 0 Å². The predicted molar refractivity (Wildman–Crippen MR) is 42.0 cm³/mol. The number of halogens is 3. The van der Waals surface area contributed by atoms with Crippen LogP contribution in [0.4, 0.5) is 13.2 Å². The van der Waals surface area contributed by atoms with Crippen molar-refractivity contribution in [2.75, 3.05) is 6.67 Å². The monoisotopic (exact) mass is 206 g/mol. The maximum atomic E-state index is 10.4. The van der Waals surface area contributed by atoms with Gasteiger partial charge in [0.1, 0.15) is 10.7 Å². The third kappa shape index (κ3) is 12.4. The maximum Gasteiger partial charge on any atom is 0.266 e. The van der Waals surface area contributed by atoms with Crippen molar-refractivity contribution in [2.45, 2.75) is 31.9 Å². The molecule has 0 rings (SSSR count). The van der Waals surface area contributed by atoms with E-state index in [0.717, 1.165) is 0 Å². The Kier molecular flexibility index (Phi) is 7.47. The normalized spacial score (nSPS) is 11.3. The molecule has 0 amide bonds. The van der Waals surface area contributed by atoms with Crippen LogP contribution in [-0.2, 0) is 10.7 Å². The van der Waals surface area contributed by atoms with E-state index < -0.39 is 28.6 Å². The first-order valence-corrected chi connectivity index (χ1v) is 4.38. The van der Waals surface area contributed by atoms with Crippen LogP contribution in [0.25, 0.3) is 0 Å². The van der Waals surface area contributed by atoms with Crippen LogP contribution in [0.15, 0.2) is 0 Å². The molecule has 0 N–H and O–H groups in total. The summed E-state index contributed by atoms with van der Waals surface area (Å²) < 4.78 is 50.7. The third-order valence-electron chi connectivity index (χ3n) is 0.664. The SMILES string of the molecule is CC(C)(C)[SH](=O)=O.FCC(F)F. The van der Waals surface area contributed by atoms with E-state index in [-0.39, 0.29) is 0 Å². The van der Waals surface area contributed by atoms with Gasteiger partial charge < -0.3 is 0 Å². The average molecular weight is 206 g/mol. The highest BCUT2D eigenvalue weighted by Gasteiger charge is 2.11. The van der Waals surface area contributed by atoms with E-state index in [1.807, 2.05) is 0 Å². The van der Waals surface area contributed by atoms with Gasteiger partial charge in [-0.2, -0.15) is 0 Å². The Bertz CT molecular complexity index is 164. The molecule has 0 fully saturated rings. The van der Waals surface area contributed by atoms with Crippen molar-refractivity contribution in [3.8, 4) is 0 Å². The number of rotatable bonds is 1. The molecule has 0 atom stereocenters. The lowest BCUT2D eigenvalue weighted by Crippen LogP contribution is -2.14. The highest BCUT2D eigenvalue weighted by molar-refractivity contribution is 7.73.